The Morgan fingerprint density at radius 2 is 1.85 bits per heavy atom. The van der Waals surface area contributed by atoms with Gasteiger partial charge in [-0.3, -0.25) is 4.79 Å². The third-order valence-corrected chi connectivity index (χ3v) is 4.52. The van der Waals surface area contributed by atoms with E-state index in [1.165, 1.54) is 17.2 Å². The molecule has 7 heteroatoms. The molecule has 4 rings (SSSR count). The van der Waals surface area contributed by atoms with E-state index in [1.807, 2.05) is 18.2 Å². The quantitative estimate of drug-likeness (QED) is 0.743. The van der Waals surface area contributed by atoms with E-state index in [0.717, 1.165) is 6.42 Å². The zero-order valence-electron chi connectivity index (χ0n) is 14.5. The van der Waals surface area contributed by atoms with Crippen LogP contribution >= 0.6 is 0 Å². The van der Waals surface area contributed by atoms with Crippen molar-refractivity contribution in [2.75, 3.05) is 18.4 Å². The zero-order valence-corrected chi connectivity index (χ0v) is 14.5. The van der Waals surface area contributed by atoms with Gasteiger partial charge in [0.05, 0.1) is 5.69 Å². The van der Waals surface area contributed by atoms with Gasteiger partial charge in [0.2, 0.25) is 0 Å². The van der Waals surface area contributed by atoms with Gasteiger partial charge in [0, 0.05) is 13.1 Å². The molecule has 0 fully saturated rings. The summed E-state index contributed by atoms with van der Waals surface area (Å²) in [7, 11) is 0. The number of aromatic nitrogens is 3. The highest BCUT2D eigenvalue weighted by Crippen LogP contribution is 2.25. The molecule has 1 aliphatic heterocycles. The van der Waals surface area contributed by atoms with Crippen molar-refractivity contribution in [3.05, 3.63) is 77.7 Å². The number of aromatic amines is 1. The number of carbonyl (C=O) groups is 1. The van der Waals surface area contributed by atoms with Crippen molar-refractivity contribution < 1.29 is 9.18 Å². The van der Waals surface area contributed by atoms with E-state index in [9.17, 15) is 9.18 Å². The summed E-state index contributed by atoms with van der Waals surface area (Å²) in [6.07, 6.45) is 2.82. The average Bonchev–Trinajstić information content (AvgIpc) is 3.18. The molecule has 1 aromatic heterocycles. The van der Waals surface area contributed by atoms with Crippen LogP contribution in [0.1, 0.15) is 22.5 Å². The van der Waals surface area contributed by atoms with Gasteiger partial charge < -0.3 is 10.2 Å². The number of halogens is 1. The summed E-state index contributed by atoms with van der Waals surface area (Å²) in [6.45, 7) is 1.08. The van der Waals surface area contributed by atoms with Crippen LogP contribution in [0.4, 0.5) is 15.9 Å². The maximum Gasteiger partial charge on any atom is 0.278 e. The van der Waals surface area contributed by atoms with Crippen LogP contribution in [0.15, 0.2) is 60.7 Å². The number of amides is 1. The van der Waals surface area contributed by atoms with E-state index in [4.69, 9.17) is 0 Å². The molecular weight excluding hydrogens is 345 g/mol. The summed E-state index contributed by atoms with van der Waals surface area (Å²) < 4.78 is 13.8. The zero-order chi connectivity index (χ0) is 18.6. The molecule has 2 heterocycles. The number of rotatable bonds is 4. The van der Waals surface area contributed by atoms with Gasteiger partial charge in [0.1, 0.15) is 5.82 Å². The number of nitrogens with zero attached hydrogens (tertiary/aromatic N) is 3. The van der Waals surface area contributed by atoms with Gasteiger partial charge in [0.15, 0.2) is 11.5 Å². The lowest BCUT2D eigenvalue weighted by atomic mass is 9.99. The molecule has 1 amide bonds. The summed E-state index contributed by atoms with van der Waals surface area (Å²) in [5, 5.41) is 13.2. The molecule has 0 saturated carbocycles. The van der Waals surface area contributed by atoms with E-state index < -0.39 is 5.82 Å². The monoisotopic (exact) mass is 363 g/mol. The molecule has 27 heavy (non-hydrogen) atoms. The number of para-hydroxylation sites is 1. The summed E-state index contributed by atoms with van der Waals surface area (Å²) in [5.74, 6) is -0.457. The second-order valence-electron chi connectivity index (χ2n) is 6.22. The van der Waals surface area contributed by atoms with Crippen molar-refractivity contribution in [1.29, 1.82) is 0 Å². The van der Waals surface area contributed by atoms with Crippen LogP contribution in [0, 0.1) is 5.82 Å². The Kier molecular flexibility index (Phi) is 4.65. The number of nitrogens with one attached hydrogen (secondary N) is 2. The average molecular weight is 363 g/mol. The molecule has 3 aromatic rings. The Labute approximate surface area is 155 Å². The Balaban J connectivity index is 1.49. The first-order valence-electron chi connectivity index (χ1n) is 8.68. The summed E-state index contributed by atoms with van der Waals surface area (Å²) in [4.78, 5) is 14.5. The Bertz CT molecular complexity index is 983. The van der Waals surface area contributed by atoms with Crippen molar-refractivity contribution in [1.82, 2.24) is 20.3 Å². The Hall–Kier alpha value is -3.48. The maximum absolute atomic E-state index is 13.8. The predicted octanol–water partition coefficient (Wildman–Crippen LogP) is 3.62. The number of hydrogen-bond donors (Lipinski definition) is 2. The first-order chi connectivity index (χ1) is 13.2. The van der Waals surface area contributed by atoms with Crippen molar-refractivity contribution in [2.45, 2.75) is 6.42 Å². The van der Waals surface area contributed by atoms with Crippen molar-refractivity contribution in [3.8, 4) is 0 Å². The summed E-state index contributed by atoms with van der Waals surface area (Å²) >= 11 is 0. The number of carbonyl (C=O) groups excluding carboxylic acids is 1. The highest BCUT2D eigenvalue weighted by atomic mass is 19.1. The van der Waals surface area contributed by atoms with Gasteiger partial charge >= 0.3 is 0 Å². The standard InChI is InChI=1S/C20H18FN5O/c21-16-8-4-5-9-17(16)22-19-18(23-25-24-19)20(27)26-12-10-15(11-13-26)14-6-2-1-3-7-14/h1-10H,11-13H2,(H2,22,23,24,25). The molecule has 0 aliphatic carbocycles. The van der Waals surface area contributed by atoms with Crippen molar-refractivity contribution >= 4 is 23.0 Å². The van der Waals surface area contributed by atoms with Crippen LogP contribution in [-0.4, -0.2) is 39.3 Å². The fourth-order valence-electron chi connectivity index (χ4n) is 3.08. The number of hydrogen-bond acceptors (Lipinski definition) is 4. The molecular formula is C20H18FN5O. The van der Waals surface area contributed by atoms with Gasteiger partial charge in [-0.05, 0) is 29.7 Å². The largest absolute Gasteiger partial charge is 0.334 e. The third kappa shape index (κ3) is 3.57. The van der Waals surface area contributed by atoms with E-state index in [2.05, 4.69) is 38.9 Å². The molecule has 136 valence electrons. The molecule has 6 nitrogen and oxygen atoms in total. The first kappa shape index (κ1) is 17.0. The number of H-pyrrole nitrogens is 1. The lowest BCUT2D eigenvalue weighted by Gasteiger charge is -2.26. The van der Waals surface area contributed by atoms with Crippen LogP contribution in [0.25, 0.3) is 5.57 Å². The van der Waals surface area contributed by atoms with Crippen LogP contribution in [0.5, 0.6) is 0 Å². The van der Waals surface area contributed by atoms with Crippen LogP contribution < -0.4 is 5.32 Å². The molecule has 0 radical (unpaired) electrons. The summed E-state index contributed by atoms with van der Waals surface area (Å²) in [6, 6.07) is 16.3. The normalized spacial score (nSPS) is 14.0. The second kappa shape index (κ2) is 7.41. The van der Waals surface area contributed by atoms with Crippen LogP contribution in [0.3, 0.4) is 0 Å². The predicted molar refractivity (Wildman–Crippen MR) is 101 cm³/mol. The Morgan fingerprint density at radius 1 is 1.07 bits per heavy atom. The fourth-order valence-corrected chi connectivity index (χ4v) is 3.08. The second-order valence-corrected chi connectivity index (χ2v) is 6.22. The topological polar surface area (TPSA) is 73.9 Å². The van der Waals surface area contributed by atoms with Crippen LogP contribution in [0.2, 0.25) is 0 Å². The maximum atomic E-state index is 13.8. The number of benzene rings is 2. The van der Waals surface area contributed by atoms with Gasteiger partial charge in [-0.2, -0.15) is 5.21 Å². The lowest BCUT2D eigenvalue weighted by Crippen LogP contribution is -2.35. The molecule has 0 atom stereocenters. The van der Waals surface area contributed by atoms with Crippen molar-refractivity contribution in [2.24, 2.45) is 0 Å². The van der Waals surface area contributed by atoms with Crippen molar-refractivity contribution in [3.63, 3.8) is 0 Å². The fraction of sp³-hybridized carbons (Fsp3) is 0.150. The molecule has 0 unspecified atom stereocenters. The Morgan fingerprint density at radius 3 is 2.59 bits per heavy atom. The van der Waals surface area contributed by atoms with Gasteiger partial charge in [-0.15, -0.1) is 10.2 Å². The SMILES string of the molecule is O=C(c1n[nH]nc1Nc1ccccc1F)N1CC=C(c2ccccc2)CC1. The molecule has 2 N–H and O–H groups in total. The molecule has 0 bridgehead atoms. The minimum absolute atomic E-state index is 0.148. The first-order valence-corrected chi connectivity index (χ1v) is 8.68. The van der Waals surface area contributed by atoms with E-state index in [1.54, 1.807) is 23.1 Å². The minimum Gasteiger partial charge on any atom is -0.334 e. The number of anilines is 2. The smallest absolute Gasteiger partial charge is 0.278 e. The van der Waals surface area contributed by atoms with Crippen LogP contribution in [-0.2, 0) is 0 Å². The van der Waals surface area contributed by atoms with E-state index in [-0.39, 0.29) is 23.1 Å². The third-order valence-electron chi connectivity index (χ3n) is 4.52. The molecule has 1 aliphatic rings. The van der Waals surface area contributed by atoms with E-state index >= 15 is 0 Å². The molecule has 0 spiro atoms. The molecule has 2 aromatic carbocycles. The highest BCUT2D eigenvalue weighted by Gasteiger charge is 2.25. The van der Waals surface area contributed by atoms with Gasteiger partial charge in [0.25, 0.3) is 5.91 Å². The highest BCUT2D eigenvalue weighted by molar-refractivity contribution is 5.97. The van der Waals surface area contributed by atoms with Gasteiger partial charge in [-0.25, -0.2) is 4.39 Å². The molecule has 0 saturated heterocycles. The summed E-state index contributed by atoms with van der Waals surface area (Å²) in [5.41, 5.74) is 2.79. The van der Waals surface area contributed by atoms with Gasteiger partial charge in [-0.1, -0.05) is 48.5 Å². The van der Waals surface area contributed by atoms with E-state index in [0.29, 0.717) is 13.1 Å². The minimum atomic E-state index is -0.424. The lowest BCUT2D eigenvalue weighted by molar-refractivity contribution is 0.0768.